The molecule has 0 aliphatic rings. The van der Waals surface area contributed by atoms with Gasteiger partial charge in [-0.3, -0.25) is 4.79 Å². The molecule has 0 fully saturated rings. The number of hydrogen-bond acceptors (Lipinski definition) is 1. The maximum Gasteiger partial charge on any atom is 0.135 e. The van der Waals surface area contributed by atoms with Gasteiger partial charge in [-0.2, -0.15) is 0 Å². The Morgan fingerprint density at radius 2 is 0.769 bits per heavy atom. The first-order valence-corrected chi connectivity index (χ1v) is 12.2. The lowest BCUT2D eigenvalue weighted by Crippen LogP contribution is -2.05. The van der Waals surface area contributed by atoms with Crippen LogP contribution in [0.1, 0.15) is 149 Å². The summed E-state index contributed by atoms with van der Waals surface area (Å²) in [5.74, 6) is 0.669. The molecule has 0 N–H and O–H groups in total. The second-order valence-corrected chi connectivity index (χ2v) is 8.73. The van der Waals surface area contributed by atoms with E-state index in [0.717, 1.165) is 12.8 Å². The summed E-state index contributed by atoms with van der Waals surface area (Å²) in [5, 5.41) is 0. The highest BCUT2D eigenvalue weighted by molar-refractivity contribution is 5.80. The van der Waals surface area contributed by atoms with Gasteiger partial charge in [0.05, 0.1) is 0 Å². The monoisotopic (exact) mass is 366 g/mol. The fraction of sp³-hybridized carbons (Fsp3) is 0.960. The number of hydrogen-bond donors (Lipinski definition) is 0. The van der Waals surface area contributed by atoms with Crippen LogP contribution in [0.4, 0.5) is 0 Å². The van der Waals surface area contributed by atoms with Crippen molar-refractivity contribution in [3.8, 4) is 0 Å². The van der Waals surface area contributed by atoms with Gasteiger partial charge in [-0.15, -0.1) is 0 Å². The molecule has 0 radical (unpaired) electrons. The van der Waals surface area contributed by atoms with Gasteiger partial charge in [0, 0.05) is 12.3 Å². The number of Topliss-reactive ketones (excluding diaryl/α,β-unsaturated/α-hetero) is 1. The van der Waals surface area contributed by atoms with E-state index in [-0.39, 0.29) is 5.92 Å². The van der Waals surface area contributed by atoms with Crippen LogP contribution in [0.3, 0.4) is 0 Å². The van der Waals surface area contributed by atoms with Crippen LogP contribution in [0, 0.1) is 5.92 Å². The predicted octanol–water partition coefficient (Wildman–Crippen LogP) is 9.03. The zero-order valence-corrected chi connectivity index (χ0v) is 18.6. The molecule has 26 heavy (non-hydrogen) atoms. The van der Waals surface area contributed by atoms with Crippen molar-refractivity contribution >= 4 is 5.78 Å². The second kappa shape index (κ2) is 21.0. The lowest BCUT2D eigenvalue weighted by Gasteiger charge is -2.05. The summed E-state index contributed by atoms with van der Waals surface area (Å²) < 4.78 is 0. The molecule has 1 heteroatoms. The van der Waals surface area contributed by atoms with E-state index in [1.807, 2.05) is 13.8 Å². The maximum atomic E-state index is 11.5. The average molecular weight is 367 g/mol. The Labute approximate surface area is 166 Å². The van der Waals surface area contributed by atoms with Crippen molar-refractivity contribution in [2.24, 2.45) is 5.92 Å². The Hall–Kier alpha value is -0.330. The summed E-state index contributed by atoms with van der Waals surface area (Å²) in [4.78, 5) is 11.5. The van der Waals surface area contributed by atoms with Crippen molar-refractivity contribution in [2.45, 2.75) is 149 Å². The average Bonchev–Trinajstić information content (AvgIpc) is 2.63. The largest absolute Gasteiger partial charge is 0.299 e. The zero-order chi connectivity index (χ0) is 19.3. The van der Waals surface area contributed by atoms with Crippen LogP contribution >= 0.6 is 0 Å². The molecular weight excluding hydrogens is 316 g/mol. The lowest BCUT2D eigenvalue weighted by molar-refractivity contribution is -0.122. The first-order chi connectivity index (χ1) is 12.7. The number of rotatable bonds is 21. The summed E-state index contributed by atoms with van der Waals surface area (Å²) >= 11 is 0. The highest BCUT2D eigenvalue weighted by atomic mass is 16.1. The van der Waals surface area contributed by atoms with Crippen LogP contribution in [0.15, 0.2) is 0 Å². The molecular formula is C25H50O. The number of carbonyl (C=O) groups is 1. The molecule has 0 aliphatic carbocycles. The summed E-state index contributed by atoms with van der Waals surface area (Å²) in [5.41, 5.74) is 0. The van der Waals surface area contributed by atoms with Crippen molar-refractivity contribution in [1.82, 2.24) is 0 Å². The number of ketones is 1. The molecule has 0 aromatic carbocycles. The number of unbranched alkanes of at least 4 members (excludes halogenated alkanes) is 18. The van der Waals surface area contributed by atoms with E-state index in [9.17, 15) is 4.79 Å². The highest BCUT2D eigenvalue weighted by Crippen LogP contribution is 2.15. The minimum atomic E-state index is 0.227. The Kier molecular flexibility index (Phi) is 20.7. The van der Waals surface area contributed by atoms with Gasteiger partial charge in [-0.1, -0.05) is 136 Å². The SMILES string of the molecule is CCCCCCCCCCCCCCCCCCCCCC(=O)C(C)C. The molecule has 1 nitrogen and oxygen atoms in total. The Morgan fingerprint density at radius 1 is 0.500 bits per heavy atom. The van der Waals surface area contributed by atoms with Crippen molar-refractivity contribution in [2.75, 3.05) is 0 Å². The van der Waals surface area contributed by atoms with Crippen LogP contribution in [-0.4, -0.2) is 5.78 Å². The van der Waals surface area contributed by atoms with Gasteiger partial charge in [0.25, 0.3) is 0 Å². The summed E-state index contributed by atoms with van der Waals surface area (Å²) in [7, 11) is 0. The fourth-order valence-corrected chi connectivity index (χ4v) is 3.67. The summed E-state index contributed by atoms with van der Waals surface area (Å²) in [6.07, 6.45) is 27.5. The van der Waals surface area contributed by atoms with E-state index >= 15 is 0 Å². The molecule has 0 unspecified atom stereocenters. The molecule has 0 aromatic heterocycles. The fourth-order valence-electron chi connectivity index (χ4n) is 3.67. The van der Waals surface area contributed by atoms with Crippen LogP contribution < -0.4 is 0 Å². The molecule has 0 heterocycles. The van der Waals surface area contributed by atoms with Gasteiger partial charge in [0.2, 0.25) is 0 Å². The molecule has 0 bridgehead atoms. The normalized spacial score (nSPS) is 11.4. The lowest BCUT2D eigenvalue weighted by atomic mass is 10.0. The first kappa shape index (κ1) is 25.7. The Bertz CT molecular complexity index is 282. The Morgan fingerprint density at radius 3 is 1.04 bits per heavy atom. The molecule has 0 rings (SSSR count). The standard InChI is InChI=1S/C25H50O/c1-4-5-6-7-8-9-10-11-12-13-14-15-16-17-18-19-20-21-22-23-25(26)24(2)3/h24H,4-23H2,1-3H3. The third kappa shape index (κ3) is 20.0. The molecule has 0 spiro atoms. The van der Waals surface area contributed by atoms with Gasteiger partial charge in [-0.05, 0) is 6.42 Å². The van der Waals surface area contributed by atoms with E-state index in [0.29, 0.717) is 5.78 Å². The highest BCUT2D eigenvalue weighted by Gasteiger charge is 2.05. The quantitative estimate of drug-likeness (QED) is 0.185. The molecule has 0 amide bonds. The molecule has 0 atom stereocenters. The minimum Gasteiger partial charge on any atom is -0.299 e. The smallest absolute Gasteiger partial charge is 0.135 e. The van der Waals surface area contributed by atoms with E-state index in [2.05, 4.69) is 6.92 Å². The van der Waals surface area contributed by atoms with Crippen LogP contribution in [0.25, 0.3) is 0 Å². The second-order valence-electron chi connectivity index (χ2n) is 8.73. The first-order valence-electron chi connectivity index (χ1n) is 12.2. The summed E-state index contributed by atoms with van der Waals surface area (Å²) in [6.45, 7) is 6.32. The molecule has 0 saturated heterocycles. The third-order valence-electron chi connectivity index (χ3n) is 5.67. The van der Waals surface area contributed by atoms with E-state index in [4.69, 9.17) is 0 Å². The molecule has 0 aliphatic heterocycles. The van der Waals surface area contributed by atoms with Crippen LogP contribution in [-0.2, 0) is 4.79 Å². The van der Waals surface area contributed by atoms with Gasteiger partial charge in [-0.25, -0.2) is 0 Å². The summed E-state index contributed by atoms with van der Waals surface area (Å²) in [6, 6.07) is 0. The number of carbonyl (C=O) groups excluding carboxylic acids is 1. The van der Waals surface area contributed by atoms with E-state index in [1.165, 1.54) is 116 Å². The third-order valence-corrected chi connectivity index (χ3v) is 5.67. The maximum absolute atomic E-state index is 11.5. The molecule has 0 saturated carbocycles. The van der Waals surface area contributed by atoms with Crippen LogP contribution in [0.2, 0.25) is 0 Å². The van der Waals surface area contributed by atoms with Crippen molar-refractivity contribution in [3.63, 3.8) is 0 Å². The van der Waals surface area contributed by atoms with Crippen molar-refractivity contribution in [3.05, 3.63) is 0 Å². The topological polar surface area (TPSA) is 17.1 Å². The van der Waals surface area contributed by atoms with E-state index in [1.54, 1.807) is 0 Å². The minimum absolute atomic E-state index is 0.227. The van der Waals surface area contributed by atoms with Gasteiger partial charge < -0.3 is 0 Å². The van der Waals surface area contributed by atoms with Crippen molar-refractivity contribution in [1.29, 1.82) is 0 Å². The Balaban J connectivity index is 3.04. The zero-order valence-electron chi connectivity index (χ0n) is 18.6. The van der Waals surface area contributed by atoms with Crippen LogP contribution in [0.5, 0.6) is 0 Å². The van der Waals surface area contributed by atoms with Gasteiger partial charge in [0.15, 0.2) is 0 Å². The molecule has 156 valence electrons. The van der Waals surface area contributed by atoms with Gasteiger partial charge >= 0.3 is 0 Å². The predicted molar refractivity (Wildman–Crippen MR) is 118 cm³/mol. The van der Waals surface area contributed by atoms with Crippen molar-refractivity contribution < 1.29 is 4.79 Å². The molecule has 0 aromatic rings. The van der Waals surface area contributed by atoms with Gasteiger partial charge in [0.1, 0.15) is 5.78 Å². The van der Waals surface area contributed by atoms with E-state index < -0.39 is 0 Å².